The van der Waals surface area contributed by atoms with Crippen molar-refractivity contribution in [1.29, 1.82) is 0 Å². The molecule has 4 amide bonds. The van der Waals surface area contributed by atoms with Crippen molar-refractivity contribution in [2.45, 2.75) is 77.8 Å². The Kier molecular flexibility index (Phi) is 6.03. The maximum Gasteiger partial charge on any atom is 0.325 e. The van der Waals surface area contributed by atoms with E-state index in [-0.39, 0.29) is 29.8 Å². The fourth-order valence-corrected chi connectivity index (χ4v) is 4.96. The number of carbonyl (C=O) groups is 3. The second-order valence-electron chi connectivity index (χ2n) is 9.66. The number of nitrogens with zero attached hydrogens (tertiary/aromatic N) is 1. The lowest BCUT2D eigenvalue weighted by atomic mass is 9.65. The van der Waals surface area contributed by atoms with Gasteiger partial charge in [0.15, 0.2) is 0 Å². The highest BCUT2D eigenvalue weighted by Gasteiger charge is 2.53. The van der Waals surface area contributed by atoms with Gasteiger partial charge in [0, 0.05) is 6.04 Å². The minimum absolute atomic E-state index is 0.0928. The van der Waals surface area contributed by atoms with E-state index in [0.29, 0.717) is 24.7 Å². The molecule has 2 unspecified atom stereocenters. The Morgan fingerprint density at radius 1 is 1.25 bits per heavy atom. The van der Waals surface area contributed by atoms with Crippen molar-refractivity contribution in [3.8, 4) is 0 Å². The van der Waals surface area contributed by atoms with Gasteiger partial charge in [-0.2, -0.15) is 0 Å². The van der Waals surface area contributed by atoms with Gasteiger partial charge in [-0.05, 0) is 62.4 Å². The number of urea groups is 1. The first-order valence-corrected chi connectivity index (χ1v) is 10.8. The minimum atomic E-state index is -0.806. The van der Waals surface area contributed by atoms with Crippen LogP contribution in [0.4, 0.5) is 4.79 Å². The van der Waals surface area contributed by atoms with Gasteiger partial charge >= 0.3 is 6.03 Å². The Morgan fingerprint density at radius 3 is 2.54 bits per heavy atom. The lowest BCUT2D eigenvalue weighted by Crippen LogP contribution is -2.52. The van der Waals surface area contributed by atoms with E-state index >= 15 is 0 Å². The van der Waals surface area contributed by atoms with E-state index < -0.39 is 11.6 Å². The molecule has 2 saturated heterocycles. The van der Waals surface area contributed by atoms with Crippen LogP contribution in [0, 0.1) is 17.3 Å². The number of carbonyl (C=O) groups excluding carboxylic acids is 3. The molecular weight excluding hydrogens is 356 g/mol. The molecular formula is C21H36N4O3. The van der Waals surface area contributed by atoms with Crippen LogP contribution in [0.3, 0.4) is 0 Å². The highest BCUT2D eigenvalue weighted by Crippen LogP contribution is 2.45. The van der Waals surface area contributed by atoms with Gasteiger partial charge in [-0.3, -0.25) is 14.5 Å². The van der Waals surface area contributed by atoms with Crippen molar-refractivity contribution in [1.82, 2.24) is 20.9 Å². The highest BCUT2D eigenvalue weighted by molar-refractivity contribution is 6.09. The molecule has 7 nitrogen and oxygen atoms in total. The van der Waals surface area contributed by atoms with Crippen molar-refractivity contribution in [3.63, 3.8) is 0 Å². The van der Waals surface area contributed by atoms with Crippen LogP contribution in [0.15, 0.2) is 0 Å². The fraction of sp³-hybridized carbons (Fsp3) is 0.857. The van der Waals surface area contributed by atoms with E-state index in [4.69, 9.17) is 0 Å². The standard InChI is InChI=1S/C21H36N4O3/c1-5-20(3,4)15-6-9-21(10-7-15)18(27)25(19(28)24-21)13-17(26)23-16-8-11-22-12-14(16)2/h14-16,22H,5-13H2,1-4H3,(H,23,26)(H,24,28). The van der Waals surface area contributed by atoms with Crippen molar-refractivity contribution < 1.29 is 14.4 Å². The average molecular weight is 393 g/mol. The lowest BCUT2D eigenvalue weighted by molar-refractivity contribution is -0.136. The Balaban J connectivity index is 1.59. The Labute approximate surface area is 168 Å². The van der Waals surface area contributed by atoms with Gasteiger partial charge in [-0.15, -0.1) is 0 Å². The second kappa shape index (κ2) is 8.01. The topological polar surface area (TPSA) is 90.5 Å². The molecule has 0 bridgehead atoms. The molecule has 7 heteroatoms. The van der Waals surface area contributed by atoms with Crippen molar-refractivity contribution in [2.75, 3.05) is 19.6 Å². The number of rotatable bonds is 5. The molecule has 0 aromatic carbocycles. The zero-order valence-electron chi connectivity index (χ0n) is 17.8. The van der Waals surface area contributed by atoms with E-state index in [0.717, 1.165) is 43.7 Å². The van der Waals surface area contributed by atoms with E-state index in [2.05, 4.69) is 43.6 Å². The molecule has 1 saturated carbocycles. The molecule has 2 aliphatic heterocycles. The van der Waals surface area contributed by atoms with Gasteiger partial charge in [0.2, 0.25) is 5.91 Å². The second-order valence-corrected chi connectivity index (χ2v) is 9.66. The number of nitrogens with one attached hydrogen (secondary N) is 3. The molecule has 2 atom stereocenters. The number of hydrogen-bond acceptors (Lipinski definition) is 4. The predicted octanol–water partition coefficient (Wildman–Crippen LogP) is 2.02. The lowest BCUT2D eigenvalue weighted by Gasteiger charge is -2.42. The molecule has 3 rings (SSSR count). The first-order valence-electron chi connectivity index (χ1n) is 10.8. The molecule has 0 aromatic heterocycles. The summed E-state index contributed by atoms with van der Waals surface area (Å²) in [5.74, 6) is 0.426. The summed E-state index contributed by atoms with van der Waals surface area (Å²) in [7, 11) is 0. The van der Waals surface area contributed by atoms with Crippen LogP contribution in [-0.2, 0) is 9.59 Å². The summed E-state index contributed by atoms with van der Waals surface area (Å²) in [5, 5.41) is 9.24. The molecule has 3 N–H and O–H groups in total. The van der Waals surface area contributed by atoms with Gasteiger partial charge in [-0.1, -0.05) is 34.1 Å². The summed E-state index contributed by atoms with van der Waals surface area (Å²) >= 11 is 0. The quantitative estimate of drug-likeness (QED) is 0.625. The summed E-state index contributed by atoms with van der Waals surface area (Å²) in [4.78, 5) is 39.2. The normalized spacial score (nSPS) is 33.9. The molecule has 0 radical (unpaired) electrons. The molecule has 3 fully saturated rings. The summed E-state index contributed by atoms with van der Waals surface area (Å²) in [6, 6.07) is -0.332. The van der Waals surface area contributed by atoms with Crippen LogP contribution in [0.2, 0.25) is 0 Å². The minimum Gasteiger partial charge on any atom is -0.351 e. The van der Waals surface area contributed by atoms with E-state index in [1.54, 1.807) is 0 Å². The molecule has 1 aliphatic carbocycles. The molecule has 0 aromatic rings. The third-order valence-electron chi connectivity index (χ3n) is 7.53. The van der Waals surface area contributed by atoms with E-state index in [1.807, 2.05) is 0 Å². The van der Waals surface area contributed by atoms with Crippen LogP contribution in [0.1, 0.15) is 66.2 Å². The maximum atomic E-state index is 13.1. The number of imide groups is 1. The van der Waals surface area contributed by atoms with E-state index in [9.17, 15) is 14.4 Å². The summed E-state index contributed by atoms with van der Waals surface area (Å²) in [6.07, 6.45) is 5.15. The highest BCUT2D eigenvalue weighted by atomic mass is 16.2. The zero-order valence-corrected chi connectivity index (χ0v) is 17.8. The third-order valence-corrected chi connectivity index (χ3v) is 7.53. The average Bonchev–Trinajstić information content (AvgIpc) is 2.88. The smallest absolute Gasteiger partial charge is 0.325 e. The largest absolute Gasteiger partial charge is 0.351 e. The van der Waals surface area contributed by atoms with E-state index in [1.165, 1.54) is 0 Å². The van der Waals surface area contributed by atoms with Crippen LogP contribution in [0.25, 0.3) is 0 Å². The third kappa shape index (κ3) is 4.04. The SMILES string of the molecule is CCC(C)(C)C1CCC2(CC1)NC(=O)N(CC(=O)NC1CCNCC1C)C2=O. The van der Waals surface area contributed by atoms with Gasteiger partial charge in [0.1, 0.15) is 12.1 Å². The number of piperidine rings is 1. The summed E-state index contributed by atoms with van der Waals surface area (Å²) in [5.41, 5.74) is -0.557. The fourth-order valence-electron chi connectivity index (χ4n) is 4.96. The van der Waals surface area contributed by atoms with Crippen LogP contribution < -0.4 is 16.0 Å². The van der Waals surface area contributed by atoms with Crippen molar-refractivity contribution in [3.05, 3.63) is 0 Å². The van der Waals surface area contributed by atoms with Crippen LogP contribution in [0.5, 0.6) is 0 Å². The summed E-state index contributed by atoms with van der Waals surface area (Å²) < 4.78 is 0. The first-order chi connectivity index (χ1) is 13.2. The van der Waals surface area contributed by atoms with Crippen LogP contribution in [-0.4, -0.2) is 54.0 Å². The molecule has 3 aliphatic rings. The molecule has 158 valence electrons. The van der Waals surface area contributed by atoms with Crippen LogP contribution >= 0.6 is 0 Å². The summed E-state index contributed by atoms with van der Waals surface area (Å²) in [6.45, 7) is 10.4. The molecule has 2 heterocycles. The Morgan fingerprint density at radius 2 is 1.93 bits per heavy atom. The van der Waals surface area contributed by atoms with Gasteiger partial charge in [-0.25, -0.2) is 4.79 Å². The van der Waals surface area contributed by atoms with Crippen molar-refractivity contribution >= 4 is 17.8 Å². The first kappa shape index (κ1) is 21.1. The predicted molar refractivity (Wildman–Crippen MR) is 108 cm³/mol. The number of amides is 4. The van der Waals surface area contributed by atoms with Crippen molar-refractivity contribution in [2.24, 2.45) is 17.3 Å². The molecule has 28 heavy (non-hydrogen) atoms. The van der Waals surface area contributed by atoms with Gasteiger partial charge in [0.05, 0.1) is 0 Å². The number of hydrogen-bond donors (Lipinski definition) is 3. The maximum absolute atomic E-state index is 13.1. The van der Waals surface area contributed by atoms with Gasteiger partial charge in [0.25, 0.3) is 5.91 Å². The Hall–Kier alpha value is -1.63. The van der Waals surface area contributed by atoms with Gasteiger partial charge < -0.3 is 16.0 Å². The molecule has 1 spiro atoms. The zero-order chi connectivity index (χ0) is 20.5. The monoisotopic (exact) mass is 392 g/mol. The Bertz CT molecular complexity index is 625.